The van der Waals surface area contributed by atoms with Crippen LogP contribution >= 0.6 is 25.3 Å². The Morgan fingerprint density at radius 2 is 2.17 bits per heavy atom. The zero-order valence-electron chi connectivity index (χ0n) is 3.33. The highest BCUT2D eigenvalue weighted by atomic mass is 32.1. The van der Waals surface area contributed by atoms with E-state index in [1.54, 1.807) is 0 Å². The zero-order valence-corrected chi connectivity index (χ0v) is 5.12. The van der Waals surface area contributed by atoms with Gasteiger partial charge in [-0.3, -0.25) is 0 Å². The van der Waals surface area contributed by atoms with E-state index in [2.05, 4.69) is 25.3 Å². The summed E-state index contributed by atoms with van der Waals surface area (Å²) in [5.74, 6) is 0.699. The van der Waals surface area contributed by atoms with Gasteiger partial charge in [0.25, 0.3) is 0 Å². The Morgan fingerprint density at radius 1 is 1.67 bits per heavy atom. The third-order valence-corrected chi connectivity index (χ3v) is 0.904. The molecule has 0 radical (unpaired) electrons. The van der Waals surface area contributed by atoms with Gasteiger partial charge in [-0.25, -0.2) is 0 Å². The zero-order chi connectivity index (χ0) is 4.99. The van der Waals surface area contributed by atoms with Gasteiger partial charge in [0, 0.05) is 0 Å². The molecule has 0 saturated carbocycles. The largest absolute Gasteiger partial charge is 0.383 e. The standard InChI is InChI=1S/C3H8OS2/c4-3(6)1-2-5/h3-6H,1-2H2. The fraction of sp³-hybridized carbons (Fsp3) is 1.00. The molecule has 0 bridgehead atoms. The molecule has 0 fully saturated rings. The number of aliphatic hydroxyl groups is 1. The number of hydrogen-bond acceptors (Lipinski definition) is 3. The highest BCUT2D eigenvalue weighted by molar-refractivity contribution is 7.81. The van der Waals surface area contributed by atoms with E-state index >= 15 is 0 Å². The van der Waals surface area contributed by atoms with Gasteiger partial charge < -0.3 is 5.11 Å². The summed E-state index contributed by atoms with van der Waals surface area (Å²) in [5, 5.41) is 8.37. The molecule has 0 aromatic carbocycles. The van der Waals surface area contributed by atoms with E-state index in [0.29, 0.717) is 12.2 Å². The van der Waals surface area contributed by atoms with Crippen molar-refractivity contribution in [3.05, 3.63) is 0 Å². The molecule has 0 aromatic rings. The van der Waals surface area contributed by atoms with E-state index in [1.807, 2.05) is 0 Å². The number of thiol groups is 2. The molecule has 0 aliphatic heterocycles. The first kappa shape index (κ1) is 6.66. The van der Waals surface area contributed by atoms with Crippen LogP contribution < -0.4 is 0 Å². The summed E-state index contributed by atoms with van der Waals surface area (Å²) in [7, 11) is 0. The second kappa shape index (κ2) is 3.84. The fourth-order valence-corrected chi connectivity index (χ4v) is 0.693. The van der Waals surface area contributed by atoms with Gasteiger partial charge in [0.15, 0.2) is 0 Å². The van der Waals surface area contributed by atoms with Gasteiger partial charge in [-0.15, -0.1) is 12.6 Å². The van der Waals surface area contributed by atoms with Gasteiger partial charge >= 0.3 is 0 Å². The van der Waals surface area contributed by atoms with Gasteiger partial charge in [0.1, 0.15) is 0 Å². The Kier molecular flexibility index (Phi) is 4.26. The van der Waals surface area contributed by atoms with E-state index in [1.165, 1.54) is 0 Å². The Balaban J connectivity index is 2.63. The smallest absolute Gasteiger partial charge is 0.0972 e. The third kappa shape index (κ3) is 4.66. The Labute approximate surface area is 48.6 Å². The quantitative estimate of drug-likeness (QED) is 0.363. The maximum absolute atomic E-state index is 8.37. The molecule has 0 rings (SSSR count). The van der Waals surface area contributed by atoms with E-state index < -0.39 is 5.44 Å². The minimum atomic E-state index is -0.484. The van der Waals surface area contributed by atoms with E-state index in [4.69, 9.17) is 5.11 Å². The monoisotopic (exact) mass is 124 g/mol. The Hall–Kier alpha value is 0.660. The molecule has 0 amide bonds. The molecule has 1 N–H and O–H groups in total. The second-order valence-electron chi connectivity index (χ2n) is 0.993. The van der Waals surface area contributed by atoms with Gasteiger partial charge in [-0.05, 0) is 12.2 Å². The summed E-state index contributed by atoms with van der Waals surface area (Å²) < 4.78 is 0. The summed E-state index contributed by atoms with van der Waals surface area (Å²) in [6.07, 6.45) is 0.659. The Morgan fingerprint density at radius 3 is 2.17 bits per heavy atom. The van der Waals surface area contributed by atoms with Gasteiger partial charge in [0.05, 0.1) is 5.44 Å². The summed E-state index contributed by atoms with van der Waals surface area (Å²) in [5.41, 5.74) is -0.484. The van der Waals surface area contributed by atoms with Crippen molar-refractivity contribution in [1.82, 2.24) is 0 Å². The van der Waals surface area contributed by atoms with Crippen molar-refractivity contribution in [3.8, 4) is 0 Å². The molecule has 3 heteroatoms. The lowest BCUT2D eigenvalue weighted by molar-refractivity contribution is 0.263. The summed E-state index contributed by atoms with van der Waals surface area (Å²) in [6.45, 7) is 0. The maximum atomic E-state index is 8.37. The highest BCUT2D eigenvalue weighted by Gasteiger charge is 1.88. The first-order chi connectivity index (χ1) is 2.77. The van der Waals surface area contributed by atoms with Crippen LogP contribution in [-0.4, -0.2) is 16.3 Å². The number of rotatable bonds is 2. The van der Waals surface area contributed by atoms with Crippen molar-refractivity contribution >= 4 is 25.3 Å². The molecule has 38 valence electrons. The first-order valence-electron chi connectivity index (χ1n) is 1.74. The van der Waals surface area contributed by atoms with Crippen molar-refractivity contribution in [2.24, 2.45) is 0 Å². The van der Waals surface area contributed by atoms with Crippen molar-refractivity contribution in [1.29, 1.82) is 0 Å². The van der Waals surface area contributed by atoms with Crippen molar-refractivity contribution in [2.45, 2.75) is 11.9 Å². The predicted octanol–water partition coefficient (Wildman–Crippen LogP) is 0.554. The van der Waals surface area contributed by atoms with Crippen LogP contribution in [0.1, 0.15) is 6.42 Å². The molecule has 0 aliphatic carbocycles. The SMILES string of the molecule is OC(S)CCS. The predicted molar refractivity (Wildman–Crippen MR) is 33.5 cm³/mol. The molecule has 0 spiro atoms. The maximum Gasteiger partial charge on any atom is 0.0972 e. The summed E-state index contributed by atoms with van der Waals surface area (Å²) in [6, 6.07) is 0. The van der Waals surface area contributed by atoms with Crippen molar-refractivity contribution < 1.29 is 5.11 Å². The molecule has 6 heavy (non-hydrogen) atoms. The van der Waals surface area contributed by atoms with E-state index in [-0.39, 0.29) is 0 Å². The molecule has 0 aromatic heterocycles. The Bertz CT molecular complexity index is 30.0. The van der Waals surface area contributed by atoms with E-state index in [9.17, 15) is 0 Å². The molecule has 0 saturated heterocycles. The second-order valence-corrected chi connectivity index (χ2v) is 2.04. The average molecular weight is 124 g/mol. The fourth-order valence-electron chi connectivity index (χ4n) is 0.115. The lowest BCUT2D eigenvalue weighted by atomic mass is 10.5. The lowest BCUT2D eigenvalue weighted by Crippen LogP contribution is -1.94. The molecular formula is C3H8OS2. The topological polar surface area (TPSA) is 20.2 Å². The molecule has 1 unspecified atom stereocenters. The minimum Gasteiger partial charge on any atom is -0.383 e. The van der Waals surface area contributed by atoms with Crippen molar-refractivity contribution in [3.63, 3.8) is 0 Å². The van der Waals surface area contributed by atoms with Crippen LogP contribution in [0.15, 0.2) is 0 Å². The van der Waals surface area contributed by atoms with Gasteiger partial charge in [0.2, 0.25) is 0 Å². The van der Waals surface area contributed by atoms with Crippen LogP contribution in [0.2, 0.25) is 0 Å². The van der Waals surface area contributed by atoms with Crippen LogP contribution in [0.4, 0.5) is 0 Å². The molecular weight excluding hydrogens is 116 g/mol. The molecule has 0 aliphatic rings. The van der Waals surface area contributed by atoms with E-state index in [0.717, 1.165) is 0 Å². The average Bonchev–Trinajstić information content (AvgIpc) is 1.35. The normalized spacial score (nSPS) is 14.5. The molecule has 1 nitrogen and oxygen atoms in total. The summed E-state index contributed by atoms with van der Waals surface area (Å²) >= 11 is 7.54. The lowest BCUT2D eigenvalue weighted by Gasteiger charge is -1.94. The van der Waals surface area contributed by atoms with Crippen molar-refractivity contribution in [2.75, 3.05) is 5.75 Å². The van der Waals surface area contributed by atoms with Crippen LogP contribution in [0.3, 0.4) is 0 Å². The number of aliphatic hydroxyl groups excluding tert-OH is 1. The molecule has 1 atom stereocenters. The van der Waals surface area contributed by atoms with Crippen LogP contribution in [0.5, 0.6) is 0 Å². The first-order valence-corrected chi connectivity index (χ1v) is 2.89. The third-order valence-electron chi connectivity index (χ3n) is 0.387. The van der Waals surface area contributed by atoms with Gasteiger partial charge in [-0.1, -0.05) is 0 Å². The van der Waals surface area contributed by atoms with Crippen LogP contribution in [0.25, 0.3) is 0 Å². The van der Waals surface area contributed by atoms with Gasteiger partial charge in [-0.2, -0.15) is 12.6 Å². The number of hydrogen-bond donors (Lipinski definition) is 3. The van der Waals surface area contributed by atoms with Crippen LogP contribution in [0, 0.1) is 0 Å². The summed E-state index contributed by atoms with van der Waals surface area (Å²) in [4.78, 5) is 0. The molecule has 0 heterocycles. The van der Waals surface area contributed by atoms with Crippen LogP contribution in [-0.2, 0) is 0 Å². The minimum absolute atomic E-state index is 0.484. The highest BCUT2D eigenvalue weighted by Crippen LogP contribution is 1.95.